The number of methoxy groups -OCH3 is 1. The van der Waals surface area contributed by atoms with Crippen molar-refractivity contribution in [3.05, 3.63) is 75.0 Å². The van der Waals surface area contributed by atoms with E-state index in [2.05, 4.69) is 10.4 Å². The van der Waals surface area contributed by atoms with Crippen molar-refractivity contribution in [1.82, 2.24) is 20.0 Å². The van der Waals surface area contributed by atoms with Crippen LogP contribution in [-0.2, 0) is 11.3 Å². The molecule has 2 aromatic carbocycles. The van der Waals surface area contributed by atoms with Gasteiger partial charge >= 0.3 is 0 Å². The molecular formula is C24H22N4O5S. The molecule has 174 valence electrons. The van der Waals surface area contributed by atoms with Crippen LogP contribution >= 0.6 is 11.8 Å². The molecule has 0 bridgehead atoms. The predicted molar refractivity (Wildman–Crippen MR) is 130 cm³/mol. The van der Waals surface area contributed by atoms with Gasteiger partial charge in [-0.05, 0) is 48.5 Å². The third-order valence-corrected chi connectivity index (χ3v) is 6.20. The molecule has 1 aliphatic rings. The SMILES string of the molecule is CCn1nc(C(=O)NCCN2C(=O)S/C(=C/c3ccc(OC)cc3)C2=O)c2ccccc2c1=O. The highest BCUT2D eigenvalue weighted by molar-refractivity contribution is 8.18. The number of carbonyl (C=O) groups excluding carboxylic acids is 3. The summed E-state index contributed by atoms with van der Waals surface area (Å²) in [5.74, 6) is -0.208. The van der Waals surface area contributed by atoms with Crippen LogP contribution in [-0.4, -0.2) is 51.9 Å². The number of benzene rings is 2. The van der Waals surface area contributed by atoms with Gasteiger partial charge in [-0.1, -0.05) is 30.3 Å². The Kier molecular flexibility index (Phi) is 6.78. The van der Waals surface area contributed by atoms with Gasteiger partial charge in [0.25, 0.3) is 22.6 Å². The molecule has 1 fully saturated rings. The van der Waals surface area contributed by atoms with Crippen LogP contribution in [0.25, 0.3) is 16.8 Å². The van der Waals surface area contributed by atoms with Crippen molar-refractivity contribution in [2.24, 2.45) is 0 Å². The van der Waals surface area contributed by atoms with Crippen LogP contribution in [0.15, 0.2) is 58.2 Å². The van der Waals surface area contributed by atoms with Gasteiger partial charge in [0.1, 0.15) is 5.75 Å². The Bertz CT molecular complexity index is 1360. The van der Waals surface area contributed by atoms with E-state index < -0.39 is 17.1 Å². The number of aromatic nitrogens is 2. The van der Waals surface area contributed by atoms with E-state index >= 15 is 0 Å². The molecular weight excluding hydrogens is 456 g/mol. The highest BCUT2D eigenvalue weighted by Gasteiger charge is 2.34. The molecule has 0 saturated carbocycles. The number of hydrogen-bond donors (Lipinski definition) is 1. The summed E-state index contributed by atoms with van der Waals surface area (Å²) in [5, 5.41) is 7.34. The number of thioether (sulfide) groups is 1. The summed E-state index contributed by atoms with van der Waals surface area (Å²) in [4.78, 5) is 51.8. The zero-order chi connectivity index (χ0) is 24.2. The molecule has 10 heteroatoms. The fraction of sp³-hybridized carbons (Fsp3) is 0.208. The summed E-state index contributed by atoms with van der Waals surface area (Å²) in [6, 6.07) is 13.9. The molecule has 0 unspecified atom stereocenters. The van der Waals surface area contributed by atoms with Crippen LogP contribution in [0.5, 0.6) is 5.75 Å². The first kappa shape index (κ1) is 23.2. The molecule has 0 atom stereocenters. The van der Waals surface area contributed by atoms with E-state index in [4.69, 9.17) is 4.74 Å². The van der Waals surface area contributed by atoms with Crippen molar-refractivity contribution < 1.29 is 19.1 Å². The molecule has 34 heavy (non-hydrogen) atoms. The highest BCUT2D eigenvalue weighted by Crippen LogP contribution is 2.32. The molecule has 9 nitrogen and oxygen atoms in total. The number of rotatable bonds is 7. The normalized spacial score (nSPS) is 14.8. The Balaban J connectivity index is 1.44. The second kappa shape index (κ2) is 9.92. The second-order valence-electron chi connectivity index (χ2n) is 7.38. The topological polar surface area (TPSA) is 111 Å². The fourth-order valence-electron chi connectivity index (χ4n) is 3.53. The van der Waals surface area contributed by atoms with E-state index in [1.807, 2.05) is 0 Å². The third-order valence-electron chi connectivity index (χ3n) is 5.29. The lowest BCUT2D eigenvalue weighted by molar-refractivity contribution is -0.122. The van der Waals surface area contributed by atoms with Gasteiger partial charge in [-0.25, -0.2) is 4.68 Å². The van der Waals surface area contributed by atoms with E-state index in [0.717, 1.165) is 22.2 Å². The zero-order valence-corrected chi connectivity index (χ0v) is 19.4. The molecule has 0 aliphatic carbocycles. The van der Waals surface area contributed by atoms with E-state index in [9.17, 15) is 19.2 Å². The van der Waals surface area contributed by atoms with Crippen LogP contribution < -0.4 is 15.6 Å². The van der Waals surface area contributed by atoms with Crippen LogP contribution in [0.1, 0.15) is 23.0 Å². The van der Waals surface area contributed by atoms with Crippen LogP contribution in [0.3, 0.4) is 0 Å². The minimum atomic E-state index is -0.487. The number of carbonyl (C=O) groups is 3. The van der Waals surface area contributed by atoms with Crippen molar-refractivity contribution in [1.29, 1.82) is 0 Å². The van der Waals surface area contributed by atoms with Crippen LogP contribution in [0.2, 0.25) is 0 Å². The largest absolute Gasteiger partial charge is 0.497 e. The molecule has 3 aromatic rings. The van der Waals surface area contributed by atoms with Crippen molar-refractivity contribution >= 4 is 45.7 Å². The molecule has 1 aromatic heterocycles. The van der Waals surface area contributed by atoms with E-state index in [-0.39, 0.29) is 24.3 Å². The summed E-state index contributed by atoms with van der Waals surface area (Å²) >= 11 is 0.854. The lowest BCUT2D eigenvalue weighted by Gasteiger charge is -2.14. The van der Waals surface area contributed by atoms with E-state index in [1.54, 1.807) is 68.6 Å². The van der Waals surface area contributed by atoms with Gasteiger partial charge in [0.05, 0.1) is 17.4 Å². The maximum Gasteiger partial charge on any atom is 0.293 e. The highest BCUT2D eigenvalue weighted by atomic mass is 32.2. The van der Waals surface area contributed by atoms with Crippen molar-refractivity contribution in [2.45, 2.75) is 13.5 Å². The number of aryl methyl sites for hydroxylation is 1. The summed E-state index contributed by atoms with van der Waals surface area (Å²) < 4.78 is 6.36. The van der Waals surface area contributed by atoms with Gasteiger partial charge in [0, 0.05) is 25.0 Å². The molecule has 0 spiro atoms. The number of nitrogens with zero attached hydrogens (tertiary/aromatic N) is 3. The maximum atomic E-state index is 12.8. The first-order valence-corrected chi connectivity index (χ1v) is 11.4. The Morgan fingerprint density at radius 2 is 1.79 bits per heavy atom. The number of ether oxygens (including phenoxy) is 1. The van der Waals surface area contributed by atoms with Gasteiger partial charge in [0.2, 0.25) is 0 Å². The second-order valence-corrected chi connectivity index (χ2v) is 8.37. The van der Waals surface area contributed by atoms with Gasteiger partial charge in [0.15, 0.2) is 5.69 Å². The van der Waals surface area contributed by atoms with Crippen LogP contribution in [0, 0.1) is 0 Å². The van der Waals surface area contributed by atoms with Gasteiger partial charge in [-0.15, -0.1) is 0 Å². The Morgan fingerprint density at radius 3 is 2.47 bits per heavy atom. The predicted octanol–water partition coefficient (Wildman–Crippen LogP) is 2.89. The van der Waals surface area contributed by atoms with Crippen molar-refractivity contribution in [3.8, 4) is 5.75 Å². The first-order valence-electron chi connectivity index (χ1n) is 10.6. The number of hydrogen-bond acceptors (Lipinski definition) is 7. The number of nitrogens with one attached hydrogen (secondary N) is 1. The number of amides is 3. The minimum absolute atomic E-state index is 0.0156. The molecule has 1 aliphatic heterocycles. The molecule has 1 N–H and O–H groups in total. The van der Waals surface area contributed by atoms with E-state index in [0.29, 0.717) is 28.0 Å². The fourth-order valence-corrected chi connectivity index (χ4v) is 4.39. The zero-order valence-electron chi connectivity index (χ0n) is 18.6. The smallest absolute Gasteiger partial charge is 0.293 e. The van der Waals surface area contributed by atoms with Gasteiger partial charge in [-0.3, -0.25) is 24.1 Å². The van der Waals surface area contributed by atoms with Crippen molar-refractivity contribution in [3.63, 3.8) is 0 Å². The lowest BCUT2D eigenvalue weighted by Crippen LogP contribution is -2.38. The van der Waals surface area contributed by atoms with Crippen molar-refractivity contribution in [2.75, 3.05) is 20.2 Å². The summed E-state index contributed by atoms with van der Waals surface area (Å²) in [7, 11) is 1.57. The number of fused-ring (bicyclic) bond motifs is 1. The summed E-state index contributed by atoms with van der Waals surface area (Å²) in [6.45, 7) is 2.15. The quantitative estimate of drug-likeness (QED) is 0.520. The van der Waals surface area contributed by atoms with Crippen LogP contribution in [0.4, 0.5) is 4.79 Å². The minimum Gasteiger partial charge on any atom is -0.497 e. The molecule has 4 rings (SSSR count). The first-order chi connectivity index (χ1) is 16.4. The summed E-state index contributed by atoms with van der Waals surface area (Å²) in [6.07, 6.45) is 1.65. The average Bonchev–Trinajstić information content (AvgIpc) is 3.12. The Morgan fingerprint density at radius 1 is 1.09 bits per heavy atom. The Labute approximate surface area is 199 Å². The van der Waals surface area contributed by atoms with E-state index in [1.165, 1.54) is 4.68 Å². The average molecular weight is 479 g/mol. The molecule has 2 heterocycles. The number of imide groups is 1. The molecule has 3 amide bonds. The monoisotopic (exact) mass is 478 g/mol. The maximum absolute atomic E-state index is 12.8. The molecule has 1 saturated heterocycles. The third kappa shape index (κ3) is 4.58. The Hall–Kier alpha value is -3.92. The van der Waals surface area contributed by atoms with Gasteiger partial charge in [-0.2, -0.15) is 5.10 Å². The lowest BCUT2D eigenvalue weighted by atomic mass is 10.1. The molecule has 0 radical (unpaired) electrons. The summed E-state index contributed by atoms with van der Waals surface area (Å²) in [5.41, 5.74) is 0.616. The standard InChI is InChI=1S/C24H22N4O5S/c1-3-28-22(30)18-7-5-4-6-17(18)20(26-28)21(29)25-12-13-27-23(31)19(34-24(27)32)14-15-8-10-16(33-2)11-9-15/h4-11,14H,3,12-13H2,1-2H3,(H,25,29)/b19-14+. The van der Waals surface area contributed by atoms with Gasteiger partial charge < -0.3 is 10.1 Å².